The number of nitrogens with zero attached hydrogens (tertiary/aromatic N) is 5. The van der Waals surface area contributed by atoms with E-state index in [2.05, 4.69) is 15.4 Å². The summed E-state index contributed by atoms with van der Waals surface area (Å²) in [5.74, 6) is -0.0431. The molecule has 2 amide bonds. The summed E-state index contributed by atoms with van der Waals surface area (Å²) >= 11 is 1.82. The second kappa shape index (κ2) is 10.1. The lowest BCUT2D eigenvalue weighted by Gasteiger charge is -2.30. The van der Waals surface area contributed by atoms with Gasteiger partial charge in [0.15, 0.2) is 0 Å². The Balaban J connectivity index is 1.29. The van der Waals surface area contributed by atoms with Gasteiger partial charge in [0.25, 0.3) is 11.8 Å². The summed E-state index contributed by atoms with van der Waals surface area (Å²) in [7, 11) is 1.56. The topological polar surface area (TPSA) is 92.6 Å². The number of hydrogen-bond acceptors (Lipinski definition) is 7. The maximum atomic E-state index is 14.9. The van der Waals surface area contributed by atoms with Gasteiger partial charge in [-0.25, -0.2) is 18.4 Å². The van der Waals surface area contributed by atoms with E-state index in [4.69, 9.17) is 4.74 Å². The largest absolute Gasteiger partial charge is 0.489 e. The molecule has 1 saturated heterocycles. The molecule has 2 aliphatic heterocycles. The minimum atomic E-state index is -1.04. The number of hydrogen-bond donors (Lipinski definition) is 1. The quantitative estimate of drug-likeness (QED) is 0.559. The van der Waals surface area contributed by atoms with Gasteiger partial charge >= 0.3 is 0 Å². The van der Waals surface area contributed by atoms with Crippen molar-refractivity contribution < 1.29 is 23.1 Å². The van der Waals surface area contributed by atoms with Gasteiger partial charge in [0.2, 0.25) is 5.82 Å². The Morgan fingerprint density at radius 3 is 2.72 bits per heavy atom. The highest BCUT2D eigenvalue weighted by atomic mass is 32.2. The van der Waals surface area contributed by atoms with Gasteiger partial charge in [-0.05, 0) is 12.1 Å². The molecule has 188 valence electrons. The van der Waals surface area contributed by atoms with Crippen molar-refractivity contribution in [3.8, 4) is 5.75 Å². The lowest BCUT2D eigenvalue weighted by atomic mass is 10.2. The maximum absolute atomic E-state index is 14.9. The summed E-state index contributed by atoms with van der Waals surface area (Å²) in [4.78, 5) is 33.2. The average molecular weight is 515 g/mol. The summed E-state index contributed by atoms with van der Waals surface area (Å²) in [5, 5.41) is 6.70. The molecule has 0 spiro atoms. The third-order valence-corrected chi connectivity index (χ3v) is 7.05. The summed E-state index contributed by atoms with van der Waals surface area (Å²) < 4.78 is 35.9. The monoisotopic (exact) mass is 514 g/mol. The molecule has 12 heteroatoms. The fraction of sp³-hybridized carbons (Fsp3) is 0.333. The highest BCUT2D eigenvalue weighted by molar-refractivity contribution is 7.99. The van der Waals surface area contributed by atoms with E-state index < -0.39 is 23.7 Å². The lowest BCUT2D eigenvalue weighted by Crippen LogP contribution is -2.49. The number of anilines is 2. The third-order valence-electron chi connectivity index (χ3n) is 6.11. The highest BCUT2D eigenvalue weighted by Crippen LogP contribution is 2.37. The van der Waals surface area contributed by atoms with Gasteiger partial charge in [0, 0.05) is 43.3 Å². The second-order valence-corrected chi connectivity index (χ2v) is 9.69. The van der Waals surface area contributed by atoms with E-state index in [1.807, 2.05) is 16.7 Å². The molecule has 1 N–H and O–H groups in total. The summed E-state index contributed by atoms with van der Waals surface area (Å²) in [6.45, 7) is 1.35. The maximum Gasteiger partial charge on any atom is 0.291 e. The van der Waals surface area contributed by atoms with Gasteiger partial charge in [-0.15, -0.1) is 5.10 Å². The Hall–Kier alpha value is -3.67. The number of carbonyl (C=O) groups is 2. The molecule has 5 rings (SSSR count). The molecule has 0 aliphatic carbocycles. The number of likely N-dealkylation sites (N-methyl/N-ethyl adjacent to an activating group) is 1. The van der Waals surface area contributed by atoms with Crippen LogP contribution in [0.25, 0.3) is 0 Å². The molecule has 2 aromatic carbocycles. The van der Waals surface area contributed by atoms with Gasteiger partial charge < -0.3 is 19.9 Å². The molecule has 9 nitrogen and oxygen atoms in total. The molecule has 1 fully saturated rings. The van der Waals surface area contributed by atoms with E-state index in [-0.39, 0.29) is 30.5 Å². The van der Waals surface area contributed by atoms with E-state index in [1.54, 1.807) is 31.3 Å². The molecule has 0 bridgehead atoms. The van der Waals surface area contributed by atoms with E-state index in [1.165, 1.54) is 28.0 Å². The Morgan fingerprint density at radius 1 is 1.17 bits per heavy atom. The fourth-order valence-corrected chi connectivity index (χ4v) is 5.06. The van der Waals surface area contributed by atoms with E-state index in [0.717, 1.165) is 11.5 Å². The van der Waals surface area contributed by atoms with Crippen LogP contribution in [0.15, 0.2) is 42.7 Å². The first kappa shape index (κ1) is 24.0. The number of halogens is 2. The first-order valence-corrected chi connectivity index (χ1v) is 12.6. The predicted octanol–water partition coefficient (Wildman–Crippen LogP) is 2.31. The number of nitrogens with one attached hydrogen (secondary N) is 1. The molecule has 1 atom stereocenters. The van der Waals surface area contributed by atoms with Gasteiger partial charge in [-0.2, -0.15) is 11.8 Å². The number of thioether (sulfide) groups is 1. The first-order chi connectivity index (χ1) is 17.4. The Bertz CT molecular complexity index is 1300. The number of aromatic nitrogens is 3. The van der Waals surface area contributed by atoms with Crippen molar-refractivity contribution in [3.05, 3.63) is 65.7 Å². The zero-order chi connectivity index (χ0) is 25.2. The predicted molar refractivity (Wildman–Crippen MR) is 132 cm³/mol. The van der Waals surface area contributed by atoms with Crippen molar-refractivity contribution in [2.45, 2.75) is 12.6 Å². The van der Waals surface area contributed by atoms with Gasteiger partial charge in [0.1, 0.15) is 36.4 Å². The molecule has 3 heterocycles. The summed E-state index contributed by atoms with van der Waals surface area (Å²) in [6, 6.07) is 8.11. The summed E-state index contributed by atoms with van der Waals surface area (Å²) in [6.07, 6.45) is 1.32. The van der Waals surface area contributed by atoms with Crippen LogP contribution < -0.4 is 19.9 Å². The molecular weight excluding hydrogens is 490 g/mol. The first-order valence-electron chi connectivity index (χ1n) is 11.4. The van der Waals surface area contributed by atoms with Crippen LogP contribution in [0.4, 0.5) is 20.2 Å². The number of benzene rings is 2. The van der Waals surface area contributed by atoms with E-state index in [9.17, 15) is 18.4 Å². The summed E-state index contributed by atoms with van der Waals surface area (Å²) in [5.41, 5.74) is 1.25. The SMILES string of the molecule is CN1C(=O)[C@@H](NC(=O)c2ncn(Cc3ccccc3F)n2)COc2cc(F)c(N3CCSCC3)cc21. The van der Waals surface area contributed by atoms with Crippen LogP contribution in [0.2, 0.25) is 0 Å². The zero-order valence-electron chi connectivity index (χ0n) is 19.5. The molecule has 0 unspecified atom stereocenters. The molecular formula is C24H24F2N6O3S. The standard InChI is InChI=1S/C24H24F2N6O3S/c1-30-20-11-19(31-6-8-36-9-7-31)17(26)10-21(20)35-13-18(24(30)34)28-23(33)22-27-14-32(29-22)12-15-4-2-3-5-16(15)25/h2-5,10-11,14,18H,6-9,12-13H2,1H3,(H,28,33)/t18-/m0/s1. The average Bonchev–Trinajstić information content (AvgIpc) is 3.32. The molecule has 1 aromatic heterocycles. The Morgan fingerprint density at radius 2 is 1.94 bits per heavy atom. The Kier molecular flexibility index (Phi) is 6.77. The van der Waals surface area contributed by atoms with Crippen molar-refractivity contribution in [2.75, 3.05) is 48.0 Å². The number of rotatable bonds is 5. The second-order valence-electron chi connectivity index (χ2n) is 8.46. The van der Waals surface area contributed by atoms with Crippen LogP contribution in [-0.2, 0) is 11.3 Å². The molecule has 36 heavy (non-hydrogen) atoms. The van der Waals surface area contributed by atoms with Gasteiger partial charge in [-0.1, -0.05) is 18.2 Å². The molecule has 0 radical (unpaired) electrons. The van der Waals surface area contributed by atoms with Crippen LogP contribution in [0, 0.1) is 11.6 Å². The fourth-order valence-electron chi connectivity index (χ4n) is 4.16. The normalized spacial score (nSPS) is 17.9. The lowest BCUT2D eigenvalue weighted by molar-refractivity contribution is -0.120. The van der Waals surface area contributed by atoms with Crippen LogP contribution in [-0.4, -0.2) is 70.9 Å². The number of ether oxygens (including phenoxy) is 1. The van der Waals surface area contributed by atoms with Crippen LogP contribution in [0.5, 0.6) is 5.75 Å². The van der Waals surface area contributed by atoms with Crippen molar-refractivity contribution in [1.82, 2.24) is 20.1 Å². The van der Waals surface area contributed by atoms with Gasteiger partial charge in [-0.3, -0.25) is 9.59 Å². The van der Waals surface area contributed by atoms with E-state index in [0.29, 0.717) is 30.0 Å². The van der Waals surface area contributed by atoms with Crippen molar-refractivity contribution >= 4 is 35.0 Å². The highest BCUT2D eigenvalue weighted by Gasteiger charge is 2.33. The van der Waals surface area contributed by atoms with E-state index >= 15 is 0 Å². The van der Waals surface area contributed by atoms with Crippen molar-refractivity contribution in [3.63, 3.8) is 0 Å². The van der Waals surface area contributed by atoms with Gasteiger partial charge in [0.05, 0.1) is 17.9 Å². The number of fused-ring (bicyclic) bond motifs is 1. The van der Waals surface area contributed by atoms with Crippen LogP contribution >= 0.6 is 11.8 Å². The van der Waals surface area contributed by atoms with Crippen molar-refractivity contribution in [1.29, 1.82) is 0 Å². The molecule has 2 aliphatic rings. The number of amides is 2. The zero-order valence-corrected chi connectivity index (χ0v) is 20.3. The molecule has 3 aromatic rings. The van der Waals surface area contributed by atoms with Crippen LogP contribution in [0.3, 0.4) is 0 Å². The van der Waals surface area contributed by atoms with Crippen molar-refractivity contribution in [2.24, 2.45) is 0 Å². The Labute approximate surface area is 210 Å². The smallest absolute Gasteiger partial charge is 0.291 e. The minimum Gasteiger partial charge on any atom is -0.489 e. The molecule has 0 saturated carbocycles. The third kappa shape index (κ3) is 4.85. The number of carbonyl (C=O) groups excluding carboxylic acids is 2. The van der Waals surface area contributed by atoms with Crippen LogP contribution in [0.1, 0.15) is 16.2 Å². The minimum absolute atomic E-state index is 0.0973.